The van der Waals surface area contributed by atoms with Crippen LogP contribution in [0.5, 0.6) is 0 Å². The van der Waals surface area contributed by atoms with Gasteiger partial charge in [-0.2, -0.15) is 0 Å². The average Bonchev–Trinajstić information content (AvgIpc) is 2.89. The van der Waals surface area contributed by atoms with Crippen LogP contribution in [0.2, 0.25) is 0 Å². The summed E-state index contributed by atoms with van der Waals surface area (Å²) in [5, 5.41) is 5.68. The average molecular weight is 536 g/mol. The standard InChI is InChI=1S/C27H19N3O6S.Na/c28-24-21(37(34,35)36)14-20(22-23(24)26(32)19-9-5-4-8-18(19)25(22)31)29-16-10-12-17(13-11-16)30-27(33)15-6-2-1-3-7-15;/h1-14,29H,28H2,(H,30,33)(H,34,35,36);/q;+1/p-1. The van der Waals surface area contributed by atoms with Gasteiger partial charge in [-0.05, 0) is 42.5 Å². The SMILES string of the molecule is Nc1c(S(=O)(=O)[O-])cc(Nc2ccc(NC(=O)c3ccccc3)cc2)c2c1C(=O)c1ccccc1C2=O.[Na+]. The predicted molar refractivity (Wildman–Crippen MR) is 136 cm³/mol. The number of carbonyl (C=O) groups excluding carboxylic acids is 3. The first kappa shape index (κ1) is 27.2. The quantitative estimate of drug-likeness (QED) is 0.170. The van der Waals surface area contributed by atoms with E-state index < -0.39 is 32.3 Å². The summed E-state index contributed by atoms with van der Waals surface area (Å²) in [7, 11) is -5.07. The normalized spacial score (nSPS) is 12.1. The number of carbonyl (C=O) groups is 3. The van der Waals surface area contributed by atoms with E-state index in [9.17, 15) is 27.4 Å². The molecule has 0 radical (unpaired) electrons. The number of nitrogen functional groups attached to an aromatic ring is 1. The van der Waals surface area contributed by atoms with Crippen LogP contribution in [0.1, 0.15) is 42.2 Å². The van der Waals surface area contributed by atoms with E-state index in [0.29, 0.717) is 16.9 Å². The summed E-state index contributed by atoms with van der Waals surface area (Å²) in [4.78, 5) is 38.2. The molecule has 4 aromatic carbocycles. The molecule has 4 N–H and O–H groups in total. The van der Waals surface area contributed by atoms with E-state index in [1.54, 1.807) is 66.7 Å². The number of anilines is 4. The molecule has 11 heteroatoms. The minimum absolute atomic E-state index is 0. The Kier molecular flexibility index (Phi) is 7.54. The summed E-state index contributed by atoms with van der Waals surface area (Å²) in [6.45, 7) is 0. The summed E-state index contributed by atoms with van der Waals surface area (Å²) in [6.07, 6.45) is 0. The Bertz CT molecular complexity index is 1710. The van der Waals surface area contributed by atoms with Crippen LogP contribution in [0.3, 0.4) is 0 Å². The molecule has 5 rings (SSSR count). The summed E-state index contributed by atoms with van der Waals surface area (Å²) < 4.78 is 35.8. The van der Waals surface area contributed by atoms with Gasteiger partial charge >= 0.3 is 29.6 Å². The van der Waals surface area contributed by atoms with Crippen LogP contribution in [0, 0.1) is 0 Å². The monoisotopic (exact) mass is 535 g/mol. The van der Waals surface area contributed by atoms with Gasteiger partial charge in [0.15, 0.2) is 11.6 Å². The van der Waals surface area contributed by atoms with Gasteiger partial charge in [0.1, 0.15) is 10.1 Å². The molecule has 0 saturated carbocycles. The second-order valence-electron chi connectivity index (χ2n) is 8.27. The zero-order valence-corrected chi connectivity index (χ0v) is 22.8. The molecule has 0 spiro atoms. The Morgan fingerprint density at radius 1 is 0.763 bits per heavy atom. The maximum Gasteiger partial charge on any atom is 1.00 e. The van der Waals surface area contributed by atoms with Gasteiger partial charge in [-0.3, -0.25) is 14.4 Å². The Balaban J connectivity index is 0.00000336. The molecule has 0 aromatic heterocycles. The van der Waals surface area contributed by atoms with Crippen molar-refractivity contribution in [2.75, 3.05) is 16.4 Å². The summed E-state index contributed by atoms with van der Waals surface area (Å²) in [5.41, 5.74) is 6.43. The molecular formula is C27H18N3NaO6S. The van der Waals surface area contributed by atoms with Crippen molar-refractivity contribution < 1.29 is 56.9 Å². The van der Waals surface area contributed by atoms with Crippen molar-refractivity contribution in [3.8, 4) is 0 Å². The maximum absolute atomic E-state index is 13.4. The van der Waals surface area contributed by atoms with Crippen molar-refractivity contribution in [1.29, 1.82) is 0 Å². The second-order valence-corrected chi connectivity index (χ2v) is 9.61. The molecule has 0 aliphatic heterocycles. The predicted octanol–water partition coefficient (Wildman–Crippen LogP) is 0.948. The van der Waals surface area contributed by atoms with Crippen molar-refractivity contribution in [3.05, 3.63) is 113 Å². The third-order valence-electron chi connectivity index (χ3n) is 5.93. The molecule has 4 aromatic rings. The summed E-state index contributed by atoms with van der Waals surface area (Å²) in [5.74, 6) is -1.50. The maximum atomic E-state index is 13.4. The number of hydrogen-bond acceptors (Lipinski definition) is 8. The number of ketones is 2. The fraction of sp³-hybridized carbons (Fsp3) is 0. The van der Waals surface area contributed by atoms with Gasteiger partial charge in [0.2, 0.25) is 0 Å². The van der Waals surface area contributed by atoms with E-state index in [1.807, 2.05) is 0 Å². The third kappa shape index (κ3) is 5.00. The number of amides is 1. The second kappa shape index (κ2) is 10.5. The van der Waals surface area contributed by atoms with Gasteiger partial charge < -0.3 is 20.9 Å². The number of fused-ring (bicyclic) bond motifs is 2. The van der Waals surface area contributed by atoms with Crippen molar-refractivity contribution in [3.63, 3.8) is 0 Å². The van der Waals surface area contributed by atoms with Crippen LogP contribution >= 0.6 is 0 Å². The molecule has 0 heterocycles. The molecule has 9 nitrogen and oxygen atoms in total. The van der Waals surface area contributed by atoms with Gasteiger partial charge in [0.25, 0.3) is 5.91 Å². The van der Waals surface area contributed by atoms with Crippen molar-refractivity contribution in [2.45, 2.75) is 4.90 Å². The van der Waals surface area contributed by atoms with E-state index >= 15 is 0 Å². The van der Waals surface area contributed by atoms with Crippen LogP contribution < -0.4 is 45.9 Å². The first-order chi connectivity index (χ1) is 17.6. The van der Waals surface area contributed by atoms with Crippen LogP contribution in [0.25, 0.3) is 0 Å². The molecule has 1 amide bonds. The van der Waals surface area contributed by atoms with Crippen LogP contribution in [0.4, 0.5) is 22.7 Å². The number of nitrogens with one attached hydrogen (secondary N) is 2. The molecule has 1 aliphatic carbocycles. The zero-order chi connectivity index (χ0) is 26.3. The first-order valence-electron chi connectivity index (χ1n) is 11.0. The molecule has 0 atom stereocenters. The minimum atomic E-state index is -5.07. The fourth-order valence-corrected chi connectivity index (χ4v) is 4.82. The van der Waals surface area contributed by atoms with Gasteiger partial charge in [-0.1, -0.05) is 42.5 Å². The fourth-order valence-electron chi connectivity index (χ4n) is 4.18. The van der Waals surface area contributed by atoms with Gasteiger partial charge in [0.05, 0.1) is 27.4 Å². The van der Waals surface area contributed by atoms with Gasteiger partial charge in [0, 0.05) is 28.1 Å². The summed E-state index contributed by atoms with van der Waals surface area (Å²) >= 11 is 0. The molecule has 0 bridgehead atoms. The Morgan fingerprint density at radius 3 is 1.87 bits per heavy atom. The van der Waals surface area contributed by atoms with E-state index in [4.69, 9.17) is 5.73 Å². The first-order valence-corrected chi connectivity index (χ1v) is 12.4. The minimum Gasteiger partial charge on any atom is -0.744 e. The Morgan fingerprint density at radius 2 is 1.29 bits per heavy atom. The molecule has 1 aliphatic rings. The van der Waals surface area contributed by atoms with E-state index in [-0.39, 0.29) is 63.4 Å². The topological polar surface area (TPSA) is 158 Å². The molecule has 0 fully saturated rings. The largest absolute Gasteiger partial charge is 1.00 e. The molecular weight excluding hydrogens is 517 g/mol. The third-order valence-corrected chi connectivity index (χ3v) is 6.80. The van der Waals surface area contributed by atoms with E-state index in [2.05, 4.69) is 10.6 Å². The van der Waals surface area contributed by atoms with E-state index in [0.717, 1.165) is 6.07 Å². The molecule has 38 heavy (non-hydrogen) atoms. The Labute approximate surface area is 240 Å². The van der Waals surface area contributed by atoms with Crippen LogP contribution in [-0.4, -0.2) is 30.4 Å². The van der Waals surface area contributed by atoms with Crippen LogP contribution in [0.15, 0.2) is 89.8 Å². The number of hydrogen-bond donors (Lipinski definition) is 3. The molecule has 0 saturated heterocycles. The van der Waals surface area contributed by atoms with Crippen molar-refractivity contribution in [1.82, 2.24) is 0 Å². The summed E-state index contributed by atoms with van der Waals surface area (Å²) in [6, 6.07) is 22.0. The number of benzene rings is 4. The van der Waals surface area contributed by atoms with Crippen LogP contribution in [-0.2, 0) is 10.1 Å². The molecule has 184 valence electrons. The van der Waals surface area contributed by atoms with Crippen molar-refractivity contribution in [2.24, 2.45) is 0 Å². The van der Waals surface area contributed by atoms with E-state index in [1.165, 1.54) is 12.1 Å². The Hall–Kier alpha value is -3.80. The zero-order valence-electron chi connectivity index (χ0n) is 20.0. The van der Waals surface area contributed by atoms with Gasteiger partial charge in [-0.15, -0.1) is 0 Å². The van der Waals surface area contributed by atoms with Crippen molar-refractivity contribution >= 4 is 50.3 Å². The van der Waals surface area contributed by atoms with Gasteiger partial charge in [-0.25, -0.2) is 8.42 Å². The smallest absolute Gasteiger partial charge is 0.744 e. The number of nitrogens with two attached hydrogens (primary N) is 1. The number of rotatable bonds is 5. The molecule has 0 unspecified atom stereocenters.